The largest absolute Gasteiger partial charge is 2.00 e. The second kappa shape index (κ2) is 27.6. The van der Waals surface area contributed by atoms with E-state index in [1.54, 1.807) is 0 Å². The van der Waals surface area contributed by atoms with Gasteiger partial charge in [0.2, 0.25) is 0 Å². The average molecular weight is 113 g/mol. The minimum atomic E-state index is 0. The number of quaternary nitrogens is 1. The third-order valence-electron chi connectivity index (χ3n) is 0. The van der Waals surface area contributed by atoms with E-state index in [0.29, 0.717) is 0 Å². The quantitative estimate of drug-likeness (QED) is 0.304. The zero-order valence-corrected chi connectivity index (χ0v) is 5.39. The van der Waals surface area contributed by atoms with E-state index in [-0.39, 0.29) is 54.0 Å². The molecule has 0 fully saturated rings. The van der Waals surface area contributed by atoms with Crippen molar-refractivity contribution >= 4 is 23.1 Å². The van der Waals surface area contributed by atoms with Gasteiger partial charge in [-0.15, -0.1) is 0 Å². The Morgan fingerprint density at radius 2 is 0.750 bits per heavy atom. The van der Waals surface area contributed by atoms with Crippen molar-refractivity contribution in [3.63, 3.8) is 0 Å². The van der Waals surface area contributed by atoms with E-state index >= 15 is 0 Å². The fourth-order valence-electron chi connectivity index (χ4n) is 0. The summed E-state index contributed by atoms with van der Waals surface area (Å²) in [5.41, 5.74) is 0. The van der Waals surface area contributed by atoms with Gasteiger partial charge < -0.3 is 31.0 Å². The van der Waals surface area contributed by atoms with Crippen LogP contribution >= 0.6 is 0 Å². The molecule has 0 aliphatic carbocycles. The minimum Gasteiger partial charge on any atom is -1.00 e. The van der Waals surface area contributed by atoms with Crippen molar-refractivity contribution in [2.75, 3.05) is 0 Å². The smallest absolute Gasteiger partial charge is 1.00 e. The fourth-order valence-corrected chi connectivity index (χ4v) is 0. The second-order valence-corrected chi connectivity index (χ2v) is 0. The molecule has 0 spiro atoms. The van der Waals surface area contributed by atoms with Crippen molar-refractivity contribution in [3.8, 4) is 0 Å². The molecule has 1 nitrogen and oxygen atoms in total. The summed E-state index contributed by atoms with van der Waals surface area (Å²) >= 11 is 0. The summed E-state index contributed by atoms with van der Waals surface area (Å²) in [6, 6.07) is 0. The predicted octanol–water partition coefficient (Wildman–Crippen LogP) is -6.00. The van der Waals surface area contributed by atoms with Crippen LogP contribution in [0, 0.1) is 0 Å². The van der Waals surface area contributed by atoms with Crippen molar-refractivity contribution in [1.82, 2.24) is 6.15 Å². The Balaban J connectivity index is 0. The molecule has 0 bridgehead atoms. The SMILES string of the molecule is [Cl-].[Cl-].[Mg+2].[NH4+]. The molecule has 0 unspecified atom stereocenters. The van der Waals surface area contributed by atoms with E-state index in [1.165, 1.54) is 0 Å². The van der Waals surface area contributed by atoms with E-state index in [9.17, 15) is 0 Å². The molecule has 0 aromatic rings. The van der Waals surface area contributed by atoms with Gasteiger partial charge in [0, 0.05) is 0 Å². The normalized spacial score (nSPS) is 0. The van der Waals surface area contributed by atoms with Crippen molar-refractivity contribution < 1.29 is 24.8 Å². The first-order valence-electron chi connectivity index (χ1n) is 0. The molecule has 0 aliphatic rings. The summed E-state index contributed by atoms with van der Waals surface area (Å²) in [5.74, 6) is 0. The molecule has 4 N–H and O–H groups in total. The maximum Gasteiger partial charge on any atom is 2.00 e. The maximum absolute atomic E-state index is 0. The first-order chi connectivity index (χ1) is 0. The summed E-state index contributed by atoms with van der Waals surface area (Å²) in [6.07, 6.45) is 0. The van der Waals surface area contributed by atoms with E-state index in [0.717, 1.165) is 0 Å². The fraction of sp³-hybridized carbons (Fsp3) is 0. The first-order valence-corrected chi connectivity index (χ1v) is 0. The van der Waals surface area contributed by atoms with Gasteiger partial charge in [0.1, 0.15) is 0 Å². The molecule has 4 heteroatoms. The van der Waals surface area contributed by atoms with Crippen molar-refractivity contribution in [2.24, 2.45) is 0 Å². The number of rotatable bonds is 0. The predicted molar refractivity (Wildman–Crippen MR) is 11.7 cm³/mol. The molecule has 24 valence electrons. The Kier molecular flexibility index (Phi) is 398. The number of halogens is 2. The Morgan fingerprint density at radius 1 is 0.750 bits per heavy atom. The standard InChI is InChI=1S/2ClH.Mg.H3N/h2*1H;;1H3/q;;+2;/p-1. The van der Waals surface area contributed by atoms with Gasteiger partial charge in [-0.25, -0.2) is 0 Å². The molecule has 0 atom stereocenters. The van der Waals surface area contributed by atoms with Crippen LogP contribution in [0.2, 0.25) is 0 Å². The molecule has 0 saturated carbocycles. The van der Waals surface area contributed by atoms with Gasteiger partial charge in [-0.3, -0.25) is 0 Å². The molecule has 4 heavy (non-hydrogen) atoms. The van der Waals surface area contributed by atoms with Gasteiger partial charge in [0.25, 0.3) is 0 Å². The topological polar surface area (TPSA) is 36.5 Å². The van der Waals surface area contributed by atoms with E-state index in [4.69, 9.17) is 0 Å². The summed E-state index contributed by atoms with van der Waals surface area (Å²) < 4.78 is 0. The van der Waals surface area contributed by atoms with Crippen LogP contribution in [0.15, 0.2) is 0 Å². The molecule has 0 aliphatic heterocycles. The minimum absolute atomic E-state index is 0. The van der Waals surface area contributed by atoms with Gasteiger partial charge >= 0.3 is 23.1 Å². The monoisotopic (exact) mass is 112 g/mol. The molecule has 0 saturated heterocycles. The van der Waals surface area contributed by atoms with Gasteiger partial charge in [0.05, 0.1) is 0 Å². The molecule has 0 aromatic heterocycles. The Bertz CT molecular complexity index is 6.00. The molecular formula is H4Cl2MgN+. The summed E-state index contributed by atoms with van der Waals surface area (Å²) in [7, 11) is 0. The average Bonchev–Trinajstić information content (AvgIpc) is 0. The first kappa shape index (κ1) is 57.7. The Hall–Kier alpha value is 1.31. The molecule has 0 amide bonds. The number of hydrogen-bond acceptors (Lipinski definition) is 0. The van der Waals surface area contributed by atoms with Crippen molar-refractivity contribution in [2.45, 2.75) is 0 Å². The summed E-state index contributed by atoms with van der Waals surface area (Å²) in [5, 5.41) is 0. The second-order valence-electron chi connectivity index (χ2n) is 0. The van der Waals surface area contributed by atoms with Gasteiger partial charge in [-0.2, -0.15) is 0 Å². The third kappa shape index (κ3) is 10.3. The summed E-state index contributed by atoms with van der Waals surface area (Å²) in [4.78, 5) is 0. The molecule has 0 rings (SSSR count). The van der Waals surface area contributed by atoms with Crippen LogP contribution < -0.4 is 31.0 Å². The molecule has 0 aromatic carbocycles. The van der Waals surface area contributed by atoms with Crippen LogP contribution in [0.5, 0.6) is 0 Å². The number of hydrogen-bond donors (Lipinski definition) is 1. The van der Waals surface area contributed by atoms with E-state index in [2.05, 4.69) is 0 Å². The Morgan fingerprint density at radius 3 is 0.750 bits per heavy atom. The molecule has 0 radical (unpaired) electrons. The Labute approximate surface area is 54.1 Å². The van der Waals surface area contributed by atoms with Gasteiger partial charge in [-0.05, 0) is 0 Å². The van der Waals surface area contributed by atoms with Gasteiger partial charge in [-0.1, -0.05) is 0 Å². The maximum atomic E-state index is 0. The molecular weight excluding hydrogens is 109 g/mol. The van der Waals surface area contributed by atoms with E-state index in [1.807, 2.05) is 0 Å². The van der Waals surface area contributed by atoms with Crippen LogP contribution in [0.4, 0.5) is 0 Å². The van der Waals surface area contributed by atoms with Crippen LogP contribution in [0.1, 0.15) is 0 Å². The zero-order valence-electron chi connectivity index (χ0n) is 2.46. The summed E-state index contributed by atoms with van der Waals surface area (Å²) in [6.45, 7) is 0. The van der Waals surface area contributed by atoms with Crippen molar-refractivity contribution in [3.05, 3.63) is 0 Å². The molecule has 0 heterocycles. The van der Waals surface area contributed by atoms with Crippen LogP contribution in [-0.2, 0) is 0 Å². The van der Waals surface area contributed by atoms with Crippen LogP contribution in [-0.4, -0.2) is 23.1 Å². The van der Waals surface area contributed by atoms with Gasteiger partial charge in [0.15, 0.2) is 0 Å². The van der Waals surface area contributed by atoms with Crippen molar-refractivity contribution in [1.29, 1.82) is 0 Å². The van der Waals surface area contributed by atoms with Crippen LogP contribution in [0.25, 0.3) is 0 Å². The third-order valence-corrected chi connectivity index (χ3v) is 0. The zero-order chi connectivity index (χ0) is 0. The van der Waals surface area contributed by atoms with E-state index < -0.39 is 0 Å². The van der Waals surface area contributed by atoms with Crippen LogP contribution in [0.3, 0.4) is 0 Å².